The number of hydrogen-bond donors (Lipinski definition) is 4. The molecule has 4 N–H and O–H groups in total. The lowest BCUT2D eigenvalue weighted by molar-refractivity contribution is 0.0855. The highest BCUT2D eigenvalue weighted by Crippen LogP contribution is 2.10. The fraction of sp³-hybridized carbons (Fsp3) is 1.00. The number of rotatable bonds is 4. The summed E-state index contributed by atoms with van der Waals surface area (Å²) >= 11 is 0. The molecule has 0 spiro atoms. The maximum atomic E-state index is 8.43. The zero-order valence-corrected chi connectivity index (χ0v) is 13.5. The minimum atomic E-state index is -0.306. The Morgan fingerprint density at radius 3 is 0.750 bits per heavy atom. The van der Waals surface area contributed by atoms with Crippen molar-refractivity contribution in [2.45, 2.75) is 55.4 Å². The van der Waals surface area contributed by atoms with Crippen molar-refractivity contribution in [2.75, 3.05) is 26.4 Å². The Morgan fingerprint density at radius 1 is 0.650 bits per heavy atom. The van der Waals surface area contributed by atoms with E-state index in [1.165, 1.54) is 6.42 Å². The Labute approximate surface area is 129 Å². The van der Waals surface area contributed by atoms with E-state index in [1.807, 2.05) is 0 Å². The summed E-state index contributed by atoms with van der Waals surface area (Å²) in [7, 11) is 8.00. The third-order valence-electron chi connectivity index (χ3n) is 1.71. The van der Waals surface area contributed by atoms with Crippen LogP contribution < -0.4 is 0 Å². The van der Waals surface area contributed by atoms with Crippen molar-refractivity contribution in [3.8, 4) is 0 Å². The van der Waals surface area contributed by atoms with E-state index in [2.05, 4.69) is 29.3 Å². The Kier molecular flexibility index (Phi) is 34.1. The third kappa shape index (κ3) is 36.1. The summed E-state index contributed by atoms with van der Waals surface area (Å²) in [5.41, 5.74) is -0.611. The molecule has 0 atom stereocenters. The largest absolute Gasteiger partial charge is 0.396 e. The lowest BCUT2D eigenvalue weighted by atomic mass is 9.81. The van der Waals surface area contributed by atoms with Crippen LogP contribution in [0.3, 0.4) is 0 Å². The Balaban J connectivity index is -0.0000000548. The van der Waals surface area contributed by atoms with Crippen LogP contribution in [-0.4, -0.2) is 62.3 Å². The van der Waals surface area contributed by atoms with Crippen molar-refractivity contribution in [1.29, 1.82) is 0 Å². The van der Waals surface area contributed by atoms with Crippen LogP contribution in [0.25, 0.3) is 0 Å². The predicted octanol–water partition coefficient (Wildman–Crippen LogP) is 1.29. The first kappa shape index (κ1) is 32.1. The van der Waals surface area contributed by atoms with Crippen molar-refractivity contribution in [1.82, 2.24) is 0 Å². The molecule has 0 fully saturated rings. The van der Waals surface area contributed by atoms with Crippen LogP contribution in [-0.2, 0) is 0 Å². The molecule has 0 amide bonds. The quantitative estimate of drug-likeness (QED) is 0.588. The van der Waals surface area contributed by atoms with Gasteiger partial charge in [0.15, 0.2) is 0 Å². The number of aliphatic hydroxyl groups is 4. The topological polar surface area (TPSA) is 80.9 Å². The van der Waals surface area contributed by atoms with Crippen LogP contribution in [0.2, 0.25) is 0 Å². The van der Waals surface area contributed by atoms with E-state index in [0.717, 1.165) is 0 Å². The molecule has 0 heterocycles. The Morgan fingerprint density at radius 2 is 0.750 bits per heavy atom. The first-order chi connectivity index (χ1) is 8.66. The molecule has 0 aliphatic carbocycles. The predicted molar refractivity (Wildman–Crippen MR) is 90.1 cm³/mol. The highest BCUT2D eigenvalue weighted by atomic mass is 16.3. The lowest BCUT2D eigenvalue weighted by Crippen LogP contribution is -2.20. The van der Waals surface area contributed by atoms with Crippen LogP contribution in [0.15, 0.2) is 0 Å². The van der Waals surface area contributed by atoms with E-state index in [-0.39, 0.29) is 44.7 Å². The zero-order valence-electron chi connectivity index (χ0n) is 13.5. The summed E-state index contributed by atoms with van der Waals surface area (Å²) in [5, 5.41) is 33.7. The van der Waals surface area contributed by atoms with Crippen molar-refractivity contribution in [3.05, 3.63) is 0 Å². The van der Waals surface area contributed by atoms with Gasteiger partial charge in [0.05, 0.1) is 26.4 Å². The fourth-order valence-electron chi connectivity index (χ4n) is 0.1000. The molecular formula is C14H36B2O4. The SMILES string of the molecule is C.CC(C)(CO)CO.CC(C)(CO)CO.CCC.[B][B]. The molecule has 0 saturated heterocycles. The lowest BCUT2D eigenvalue weighted by Gasteiger charge is -2.16. The van der Waals surface area contributed by atoms with E-state index in [1.54, 1.807) is 27.7 Å². The van der Waals surface area contributed by atoms with Gasteiger partial charge in [-0.25, -0.2) is 0 Å². The summed E-state index contributed by atoms with van der Waals surface area (Å²) in [6.45, 7) is 11.6. The zero-order chi connectivity index (χ0) is 16.5. The van der Waals surface area contributed by atoms with Crippen LogP contribution >= 0.6 is 0 Å². The first-order valence-electron chi connectivity index (χ1n) is 6.43. The molecule has 0 aliphatic rings. The van der Waals surface area contributed by atoms with Gasteiger partial charge in [0.1, 0.15) is 0 Å². The Bertz CT molecular complexity index is 126. The molecular weight excluding hydrogens is 254 g/mol. The number of hydrogen-bond acceptors (Lipinski definition) is 4. The van der Waals surface area contributed by atoms with Crippen LogP contribution in [0, 0.1) is 10.8 Å². The summed E-state index contributed by atoms with van der Waals surface area (Å²) < 4.78 is 0. The van der Waals surface area contributed by atoms with E-state index in [9.17, 15) is 0 Å². The Hall–Kier alpha value is -0.0301. The molecule has 0 rings (SSSR count). The molecule has 20 heavy (non-hydrogen) atoms. The van der Waals surface area contributed by atoms with Crippen LogP contribution in [0.4, 0.5) is 0 Å². The highest BCUT2D eigenvalue weighted by molar-refractivity contribution is 6.75. The molecule has 4 radical (unpaired) electrons. The van der Waals surface area contributed by atoms with Crippen molar-refractivity contribution < 1.29 is 20.4 Å². The first-order valence-corrected chi connectivity index (χ1v) is 6.43. The second kappa shape index (κ2) is 21.3. The normalized spacial score (nSPS) is 9.50. The van der Waals surface area contributed by atoms with Gasteiger partial charge >= 0.3 is 0 Å². The van der Waals surface area contributed by atoms with Gasteiger partial charge < -0.3 is 20.4 Å². The average molecular weight is 290 g/mol. The smallest absolute Gasteiger partial charge is 0.0504 e. The second-order valence-electron chi connectivity index (χ2n) is 5.67. The molecule has 6 heteroatoms. The summed E-state index contributed by atoms with van der Waals surface area (Å²) in [5.74, 6) is 0. The summed E-state index contributed by atoms with van der Waals surface area (Å²) in [6.07, 6.45) is 1.25. The average Bonchev–Trinajstić information content (AvgIpc) is 2.42. The standard InChI is InChI=1S/2C5H12O2.C3H8.CH4.B2/c2*1-5(2,3-6)4-7;1-3-2;;1-2/h2*6-7H,3-4H2,1-2H3;3H2,1-2H3;1H4;. The van der Waals surface area contributed by atoms with Gasteiger partial charge in [-0.3, -0.25) is 0 Å². The van der Waals surface area contributed by atoms with Gasteiger partial charge in [0, 0.05) is 26.3 Å². The molecule has 0 unspecified atom stereocenters. The fourth-order valence-corrected chi connectivity index (χ4v) is 0.1000. The van der Waals surface area contributed by atoms with E-state index < -0.39 is 0 Å². The maximum absolute atomic E-state index is 8.43. The highest BCUT2D eigenvalue weighted by Gasteiger charge is 2.13. The summed E-state index contributed by atoms with van der Waals surface area (Å²) in [6, 6.07) is 0. The minimum absolute atomic E-state index is 0. The second-order valence-corrected chi connectivity index (χ2v) is 5.67. The van der Waals surface area contributed by atoms with Crippen LogP contribution in [0.1, 0.15) is 55.4 Å². The molecule has 0 aromatic heterocycles. The molecule has 0 aromatic carbocycles. The molecule has 0 aliphatic heterocycles. The van der Waals surface area contributed by atoms with Gasteiger partial charge in [0.25, 0.3) is 0 Å². The van der Waals surface area contributed by atoms with Gasteiger partial charge in [-0.05, 0) is 0 Å². The van der Waals surface area contributed by atoms with E-state index in [0.29, 0.717) is 0 Å². The van der Waals surface area contributed by atoms with Gasteiger partial charge in [-0.1, -0.05) is 55.4 Å². The van der Waals surface area contributed by atoms with Crippen molar-refractivity contribution in [2.24, 2.45) is 10.8 Å². The molecule has 122 valence electrons. The molecule has 0 aromatic rings. The van der Waals surface area contributed by atoms with E-state index in [4.69, 9.17) is 20.4 Å². The molecule has 0 saturated carbocycles. The monoisotopic (exact) mass is 290 g/mol. The molecule has 4 nitrogen and oxygen atoms in total. The summed E-state index contributed by atoms with van der Waals surface area (Å²) in [4.78, 5) is 0. The van der Waals surface area contributed by atoms with Crippen molar-refractivity contribution >= 4 is 15.5 Å². The maximum Gasteiger partial charge on any atom is 0.0504 e. The van der Waals surface area contributed by atoms with Gasteiger partial charge in [0.2, 0.25) is 0 Å². The minimum Gasteiger partial charge on any atom is -0.396 e. The van der Waals surface area contributed by atoms with Gasteiger partial charge in [-0.15, -0.1) is 0 Å². The van der Waals surface area contributed by atoms with Gasteiger partial charge in [-0.2, -0.15) is 0 Å². The van der Waals surface area contributed by atoms with E-state index >= 15 is 0 Å². The third-order valence-corrected chi connectivity index (χ3v) is 1.71. The van der Waals surface area contributed by atoms with Crippen LogP contribution in [0.5, 0.6) is 0 Å². The van der Waals surface area contributed by atoms with Crippen molar-refractivity contribution in [3.63, 3.8) is 0 Å². The number of aliphatic hydroxyl groups excluding tert-OH is 4. The molecule has 0 bridgehead atoms.